The molecular weight excluding hydrogens is 367 g/mol. The number of ether oxygens (including phenoxy) is 1. The molecule has 1 aromatic rings. The third-order valence-corrected chi connectivity index (χ3v) is 6.33. The van der Waals surface area contributed by atoms with Crippen molar-refractivity contribution in [3.05, 3.63) is 28.8 Å². The van der Waals surface area contributed by atoms with Gasteiger partial charge in [0.05, 0.1) is 17.7 Å². The summed E-state index contributed by atoms with van der Waals surface area (Å²) in [6.07, 6.45) is -0.418. The van der Waals surface area contributed by atoms with Gasteiger partial charge >= 0.3 is 0 Å². The summed E-state index contributed by atoms with van der Waals surface area (Å²) in [5.41, 5.74) is -6.10. The summed E-state index contributed by atoms with van der Waals surface area (Å²) in [4.78, 5) is 12.5. The van der Waals surface area contributed by atoms with Crippen molar-refractivity contribution < 1.29 is 22.7 Å². The fraction of sp³-hybridized carbons (Fsp3) is 0.632. The van der Waals surface area contributed by atoms with E-state index < -0.39 is 28.3 Å². The molecule has 0 aliphatic heterocycles. The average Bonchev–Trinajstić information content (AvgIpc) is 2.48. The molecule has 0 saturated heterocycles. The highest BCUT2D eigenvalue weighted by Gasteiger charge is 2.70. The number of halogens is 4. The maximum atomic E-state index is 15.0. The first-order chi connectivity index (χ1) is 12.1. The molecule has 1 aromatic carbocycles. The van der Waals surface area contributed by atoms with E-state index in [9.17, 15) is 18.0 Å². The monoisotopic (exact) mass is 387 g/mol. The van der Waals surface area contributed by atoms with Gasteiger partial charge in [-0.2, -0.15) is 0 Å². The van der Waals surface area contributed by atoms with Crippen LogP contribution in [0.1, 0.15) is 48.9 Å². The maximum Gasteiger partial charge on any atom is 0.252 e. The van der Waals surface area contributed by atoms with E-state index in [1.807, 2.05) is 0 Å². The molecule has 0 atom stereocenters. The molecule has 0 radical (unpaired) electrons. The van der Waals surface area contributed by atoms with Crippen LogP contribution in [0.15, 0.2) is 18.2 Å². The summed E-state index contributed by atoms with van der Waals surface area (Å²) in [6.45, 7) is 0.0389. The van der Waals surface area contributed by atoms with Crippen LogP contribution in [-0.4, -0.2) is 36.6 Å². The number of rotatable bonds is 4. The molecule has 0 aromatic heterocycles. The van der Waals surface area contributed by atoms with Crippen LogP contribution in [0.4, 0.5) is 13.2 Å². The van der Waals surface area contributed by atoms with E-state index in [2.05, 4.69) is 5.32 Å². The van der Waals surface area contributed by atoms with E-state index in [4.69, 9.17) is 16.3 Å². The van der Waals surface area contributed by atoms with Crippen LogP contribution in [0.3, 0.4) is 0 Å². The molecule has 0 unspecified atom stereocenters. The van der Waals surface area contributed by atoms with Gasteiger partial charge in [-0.1, -0.05) is 11.6 Å². The minimum absolute atomic E-state index is 0.0389. The Kier molecular flexibility index (Phi) is 3.82. The topological polar surface area (TPSA) is 38.3 Å². The van der Waals surface area contributed by atoms with E-state index >= 15 is 0 Å². The highest BCUT2D eigenvalue weighted by Crippen LogP contribution is 2.67. The number of nitrogens with one attached hydrogen (secondary N) is 1. The molecule has 1 N–H and O–H groups in total. The molecular formula is C19H21ClF3NO2. The summed E-state index contributed by atoms with van der Waals surface area (Å²) in [6, 6.07) is 4.65. The normalized spacial score (nSPS) is 40.5. The summed E-state index contributed by atoms with van der Waals surface area (Å²) < 4.78 is 50.0. The van der Waals surface area contributed by atoms with Gasteiger partial charge in [0, 0.05) is 25.8 Å². The number of carbonyl (C=O) groups is 1. The summed E-state index contributed by atoms with van der Waals surface area (Å²) >= 11 is 6.10. The fourth-order valence-electron chi connectivity index (χ4n) is 5.83. The lowest BCUT2D eigenvalue weighted by atomic mass is 9.46. The standard InChI is InChI=1S/C19H21ClF3NO2/c1-26-12-2-3-13(14(20)4-12)15(25)24-11-16-5-17(21)8-18(22,6-16)10-19(23,7-16)9-17/h2-4H,5-11H2,1H3,(H,24,25). The molecule has 142 valence electrons. The molecule has 4 aliphatic rings. The zero-order valence-electron chi connectivity index (χ0n) is 14.5. The average molecular weight is 388 g/mol. The number of benzene rings is 1. The molecule has 4 bridgehead atoms. The molecule has 5 rings (SSSR count). The van der Waals surface area contributed by atoms with Crippen LogP contribution in [0.5, 0.6) is 5.75 Å². The summed E-state index contributed by atoms with van der Waals surface area (Å²) in [5.74, 6) is 0.0767. The lowest BCUT2D eigenvalue weighted by molar-refractivity contribution is -0.214. The Morgan fingerprint density at radius 2 is 1.62 bits per heavy atom. The smallest absolute Gasteiger partial charge is 0.252 e. The Balaban J connectivity index is 1.52. The number of alkyl halides is 3. The lowest BCUT2D eigenvalue weighted by Crippen LogP contribution is -2.67. The van der Waals surface area contributed by atoms with Crippen molar-refractivity contribution in [3.8, 4) is 5.75 Å². The third-order valence-electron chi connectivity index (χ3n) is 6.02. The van der Waals surface area contributed by atoms with E-state index in [1.54, 1.807) is 6.07 Å². The van der Waals surface area contributed by atoms with E-state index in [1.165, 1.54) is 19.2 Å². The first-order valence-electron chi connectivity index (χ1n) is 8.76. The van der Waals surface area contributed by atoms with Gasteiger partial charge in [-0.05, 0) is 42.9 Å². The fourth-order valence-corrected chi connectivity index (χ4v) is 6.08. The molecule has 3 nitrogen and oxygen atoms in total. The SMILES string of the molecule is COc1ccc(C(=O)NCC23CC4(F)CC(F)(CC(F)(C4)C2)C3)c(Cl)c1. The molecule has 1 amide bonds. The molecule has 4 aliphatic carbocycles. The number of amides is 1. The van der Waals surface area contributed by atoms with Gasteiger partial charge in [0.25, 0.3) is 5.91 Å². The Bertz CT molecular complexity index is 718. The number of carbonyl (C=O) groups excluding carboxylic acids is 1. The zero-order valence-corrected chi connectivity index (χ0v) is 15.3. The molecule has 0 spiro atoms. The molecule has 4 saturated carbocycles. The minimum Gasteiger partial charge on any atom is -0.497 e. The van der Waals surface area contributed by atoms with Crippen LogP contribution in [0, 0.1) is 5.41 Å². The first-order valence-corrected chi connectivity index (χ1v) is 9.14. The Hall–Kier alpha value is -1.43. The van der Waals surface area contributed by atoms with Gasteiger partial charge in [-0.25, -0.2) is 13.2 Å². The van der Waals surface area contributed by atoms with Crippen LogP contribution >= 0.6 is 11.6 Å². The Morgan fingerprint density at radius 3 is 2.08 bits per heavy atom. The van der Waals surface area contributed by atoms with Gasteiger partial charge in [-0.15, -0.1) is 0 Å². The maximum absolute atomic E-state index is 15.0. The van der Waals surface area contributed by atoms with E-state index in [0.29, 0.717) is 5.75 Å². The Morgan fingerprint density at radius 1 is 1.08 bits per heavy atom. The second-order valence-electron chi connectivity index (χ2n) is 8.54. The van der Waals surface area contributed by atoms with E-state index in [-0.39, 0.29) is 55.7 Å². The highest BCUT2D eigenvalue weighted by molar-refractivity contribution is 6.34. The van der Waals surface area contributed by atoms with Crippen molar-refractivity contribution in [2.75, 3.05) is 13.7 Å². The number of methoxy groups -OCH3 is 1. The molecule has 7 heteroatoms. The molecule has 0 heterocycles. The van der Waals surface area contributed by atoms with Gasteiger partial charge in [0.1, 0.15) is 22.8 Å². The first kappa shape index (κ1) is 18.0. The van der Waals surface area contributed by atoms with Gasteiger partial charge < -0.3 is 10.1 Å². The zero-order chi connectivity index (χ0) is 18.8. The summed E-state index contributed by atoms with van der Waals surface area (Å²) in [7, 11) is 1.49. The third kappa shape index (κ3) is 2.96. The highest BCUT2D eigenvalue weighted by atomic mass is 35.5. The minimum atomic E-state index is -1.82. The number of hydrogen-bond donors (Lipinski definition) is 1. The van der Waals surface area contributed by atoms with Crippen molar-refractivity contribution in [1.29, 1.82) is 0 Å². The Labute approximate surface area is 155 Å². The van der Waals surface area contributed by atoms with Crippen molar-refractivity contribution in [3.63, 3.8) is 0 Å². The van der Waals surface area contributed by atoms with Gasteiger partial charge in [-0.3, -0.25) is 4.79 Å². The van der Waals surface area contributed by atoms with Crippen LogP contribution in [-0.2, 0) is 0 Å². The van der Waals surface area contributed by atoms with Crippen molar-refractivity contribution in [2.24, 2.45) is 5.41 Å². The molecule has 26 heavy (non-hydrogen) atoms. The van der Waals surface area contributed by atoms with Crippen molar-refractivity contribution in [1.82, 2.24) is 5.32 Å². The predicted octanol–water partition coefficient (Wildman–Crippen LogP) is 4.57. The molecule has 4 fully saturated rings. The second kappa shape index (κ2) is 5.54. The van der Waals surface area contributed by atoms with Crippen molar-refractivity contribution >= 4 is 17.5 Å². The van der Waals surface area contributed by atoms with Crippen LogP contribution in [0.25, 0.3) is 0 Å². The van der Waals surface area contributed by atoms with Crippen LogP contribution in [0.2, 0.25) is 5.02 Å². The van der Waals surface area contributed by atoms with Gasteiger partial charge in [0.15, 0.2) is 0 Å². The summed E-state index contributed by atoms with van der Waals surface area (Å²) in [5, 5.41) is 2.94. The predicted molar refractivity (Wildman–Crippen MR) is 92.0 cm³/mol. The van der Waals surface area contributed by atoms with Crippen molar-refractivity contribution in [2.45, 2.75) is 55.5 Å². The van der Waals surface area contributed by atoms with Crippen LogP contribution < -0.4 is 10.1 Å². The lowest BCUT2D eigenvalue weighted by Gasteiger charge is -2.63. The second-order valence-corrected chi connectivity index (χ2v) is 8.95. The largest absolute Gasteiger partial charge is 0.497 e. The van der Waals surface area contributed by atoms with E-state index in [0.717, 1.165) is 0 Å². The quantitative estimate of drug-likeness (QED) is 0.821. The van der Waals surface area contributed by atoms with Gasteiger partial charge in [0.2, 0.25) is 0 Å². The number of hydrogen-bond acceptors (Lipinski definition) is 2.